The average molecular weight is 306 g/mol. The summed E-state index contributed by atoms with van der Waals surface area (Å²) in [5, 5.41) is 3.29. The van der Waals surface area contributed by atoms with E-state index in [2.05, 4.69) is 17.2 Å². The van der Waals surface area contributed by atoms with Crippen LogP contribution >= 0.6 is 24.8 Å². The molecule has 6 heteroatoms. The van der Waals surface area contributed by atoms with Crippen molar-refractivity contribution in [1.29, 1.82) is 0 Å². The molecule has 2 rings (SSSR count). The number of hydrogen-bond acceptors (Lipinski definition) is 3. The third kappa shape index (κ3) is 4.06. The van der Waals surface area contributed by atoms with Gasteiger partial charge in [-0.05, 0) is 32.9 Å². The molecule has 0 saturated carbocycles. The van der Waals surface area contributed by atoms with Gasteiger partial charge in [0.25, 0.3) is 5.91 Å². The van der Waals surface area contributed by atoms with E-state index in [4.69, 9.17) is 0 Å². The number of aryl methyl sites for hydroxylation is 2. The summed E-state index contributed by atoms with van der Waals surface area (Å²) in [6.07, 6.45) is 0. The van der Waals surface area contributed by atoms with Crippen molar-refractivity contribution in [3.05, 3.63) is 29.1 Å². The maximum atomic E-state index is 12.4. The first kappa shape index (κ1) is 18.2. The summed E-state index contributed by atoms with van der Waals surface area (Å²) < 4.78 is 0. The molecule has 0 bridgehead atoms. The van der Waals surface area contributed by atoms with Gasteiger partial charge in [0.1, 0.15) is 0 Å². The van der Waals surface area contributed by atoms with E-state index in [0.717, 1.165) is 36.6 Å². The van der Waals surface area contributed by atoms with Gasteiger partial charge in [0.05, 0.1) is 11.3 Å². The molecule has 1 aromatic heterocycles. The molecule has 0 aliphatic carbocycles. The number of hydrogen-bond donors (Lipinski definition) is 1. The summed E-state index contributed by atoms with van der Waals surface area (Å²) in [6.45, 7) is 8.41. The van der Waals surface area contributed by atoms with Crippen LogP contribution in [0.25, 0.3) is 0 Å². The Morgan fingerprint density at radius 3 is 2.63 bits per heavy atom. The Hall–Kier alpha value is -0.840. The smallest absolute Gasteiger partial charge is 0.256 e. The summed E-state index contributed by atoms with van der Waals surface area (Å²) in [5.74, 6) is 0.101. The number of amides is 1. The first-order valence-electron chi connectivity index (χ1n) is 6.05. The van der Waals surface area contributed by atoms with Gasteiger partial charge in [0.15, 0.2) is 0 Å². The average Bonchev–Trinajstić information content (AvgIpc) is 2.29. The normalized spacial score (nSPS) is 18.3. The van der Waals surface area contributed by atoms with Crippen molar-refractivity contribution in [2.75, 3.05) is 19.6 Å². The predicted molar refractivity (Wildman–Crippen MR) is 81.6 cm³/mol. The number of nitrogens with zero attached hydrogens (tertiary/aromatic N) is 2. The van der Waals surface area contributed by atoms with Crippen LogP contribution in [0.4, 0.5) is 0 Å². The molecule has 1 atom stereocenters. The van der Waals surface area contributed by atoms with Crippen LogP contribution in [0.5, 0.6) is 0 Å². The zero-order valence-corrected chi connectivity index (χ0v) is 13.1. The van der Waals surface area contributed by atoms with Gasteiger partial charge in [-0.15, -0.1) is 24.8 Å². The molecular weight excluding hydrogens is 285 g/mol. The summed E-state index contributed by atoms with van der Waals surface area (Å²) in [5.41, 5.74) is 2.50. The number of nitrogens with one attached hydrogen (secondary N) is 1. The lowest BCUT2D eigenvalue weighted by molar-refractivity contribution is 0.0654. The zero-order chi connectivity index (χ0) is 12.4. The quantitative estimate of drug-likeness (QED) is 0.863. The number of piperazine rings is 1. The molecule has 0 radical (unpaired) electrons. The van der Waals surface area contributed by atoms with E-state index in [9.17, 15) is 4.79 Å². The van der Waals surface area contributed by atoms with E-state index in [1.165, 1.54) is 0 Å². The first-order chi connectivity index (χ1) is 8.09. The van der Waals surface area contributed by atoms with Crippen molar-refractivity contribution in [1.82, 2.24) is 15.2 Å². The molecule has 1 fully saturated rings. The third-order valence-corrected chi connectivity index (χ3v) is 3.22. The maximum Gasteiger partial charge on any atom is 0.256 e. The molecule has 1 saturated heterocycles. The second-order valence-corrected chi connectivity index (χ2v) is 4.64. The van der Waals surface area contributed by atoms with Gasteiger partial charge in [-0.1, -0.05) is 0 Å². The largest absolute Gasteiger partial charge is 0.333 e. The van der Waals surface area contributed by atoms with Gasteiger partial charge in [0, 0.05) is 31.4 Å². The predicted octanol–water partition coefficient (Wildman–Crippen LogP) is 1.98. The molecule has 0 spiro atoms. The number of aromatic nitrogens is 1. The number of carbonyl (C=O) groups excluding carboxylic acids is 1. The van der Waals surface area contributed by atoms with Crippen LogP contribution in [0.2, 0.25) is 0 Å². The van der Waals surface area contributed by atoms with Crippen molar-refractivity contribution in [2.24, 2.45) is 0 Å². The molecule has 1 aliphatic heterocycles. The minimum Gasteiger partial charge on any atom is -0.333 e. The van der Waals surface area contributed by atoms with Crippen LogP contribution in [0.1, 0.15) is 28.7 Å². The summed E-state index contributed by atoms with van der Waals surface area (Å²) in [6, 6.07) is 4.03. The Bertz CT molecular complexity index is 440. The Morgan fingerprint density at radius 1 is 1.37 bits per heavy atom. The van der Waals surface area contributed by atoms with Crippen LogP contribution in [0.15, 0.2) is 12.1 Å². The van der Waals surface area contributed by atoms with E-state index in [1.807, 2.05) is 30.9 Å². The fraction of sp³-hybridized carbons (Fsp3) is 0.538. The molecule has 2 heterocycles. The van der Waals surface area contributed by atoms with Crippen LogP contribution < -0.4 is 5.32 Å². The van der Waals surface area contributed by atoms with Gasteiger partial charge in [0.2, 0.25) is 0 Å². The zero-order valence-electron chi connectivity index (χ0n) is 11.5. The summed E-state index contributed by atoms with van der Waals surface area (Å²) in [7, 11) is 0. The second-order valence-electron chi connectivity index (χ2n) is 4.64. The SMILES string of the molecule is Cc1ccc(C(=O)N2CCNC[C@H]2C)c(C)n1.Cl.Cl. The first-order valence-corrected chi connectivity index (χ1v) is 6.05. The lowest BCUT2D eigenvalue weighted by atomic mass is 10.1. The Kier molecular flexibility index (Phi) is 7.34. The monoisotopic (exact) mass is 305 g/mol. The molecule has 1 aromatic rings. The molecule has 1 N–H and O–H groups in total. The highest BCUT2D eigenvalue weighted by Gasteiger charge is 2.25. The van der Waals surface area contributed by atoms with Crippen molar-refractivity contribution >= 4 is 30.7 Å². The van der Waals surface area contributed by atoms with Crippen LogP contribution in [0.3, 0.4) is 0 Å². The van der Waals surface area contributed by atoms with E-state index in [-0.39, 0.29) is 36.8 Å². The molecule has 0 unspecified atom stereocenters. The lowest BCUT2D eigenvalue weighted by Crippen LogP contribution is -2.52. The topological polar surface area (TPSA) is 45.2 Å². The summed E-state index contributed by atoms with van der Waals surface area (Å²) in [4.78, 5) is 18.7. The van der Waals surface area contributed by atoms with E-state index in [1.54, 1.807) is 0 Å². The summed E-state index contributed by atoms with van der Waals surface area (Å²) >= 11 is 0. The van der Waals surface area contributed by atoms with Gasteiger partial charge in [-0.2, -0.15) is 0 Å². The number of pyridine rings is 1. The van der Waals surface area contributed by atoms with Gasteiger partial charge in [-0.25, -0.2) is 0 Å². The van der Waals surface area contributed by atoms with Crippen LogP contribution in [-0.4, -0.2) is 41.5 Å². The third-order valence-electron chi connectivity index (χ3n) is 3.22. The standard InChI is InChI=1S/C13H19N3O.2ClH/c1-9-4-5-12(11(3)15-9)13(17)16-7-6-14-8-10(16)2;;/h4-5,10,14H,6-8H2,1-3H3;2*1H/t10-;;/m1../s1. The number of halogens is 2. The van der Waals surface area contributed by atoms with E-state index >= 15 is 0 Å². The van der Waals surface area contributed by atoms with Crippen molar-refractivity contribution in [2.45, 2.75) is 26.8 Å². The highest BCUT2D eigenvalue weighted by Crippen LogP contribution is 2.13. The molecule has 1 amide bonds. The highest BCUT2D eigenvalue weighted by atomic mass is 35.5. The minimum absolute atomic E-state index is 0. The van der Waals surface area contributed by atoms with Gasteiger partial charge >= 0.3 is 0 Å². The number of rotatable bonds is 1. The molecular formula is C13H21Cl2N3O. The van der Waals surface area contributed by atoms with Crippen LogP contribution in [-0.2, 0) is 0 Å². The molecule has 4 nitrogen and oxygen atoms in total. The fourth-order valence-electron chi connectivity index (χ4n) is 2.21. The fourth-order valence-corrected chi connectivity index (χ4v) is 2.21. The van der Waals surface area contributed by atoms with Crippen molar-refractivity contribution in [3.8, 4) is 0 Å². The van der Waals surface area contributed by atoms with Crippen LogP contribution in [0, 0.1) is 13.8 Å². The molecule has 1 aliphatic rings. The Balaban J connectivity index is 0.00000162. The maximum absolute atomic E-state index is 12.4. The Labute approximate surface area is 126 Å². The van der Waals surface area contributed by atoms with Crippen molar-refractivity contribution < 1.29 is 4.79 Å². The molecule has 0 aromatic carbocycles. The minimum atomic E-state index is 0. The van der Waals surface area contributed by atoms with E-state index < -0.39 is 0 Å². The van der Waals surface area contributed by atoms with E-state index in [0.29, 0.717) is 0 Å². The lowest BCUT2D eigenvalue weighted by Gasteiger charge is -2.34. The molecule has 19 heavy (non-hydrogen) atoms. The number of carbonyl (C=O) groups is 1. The Morgan fingerprint density at radius 2 is 2.05 bits per heavy atom. The highest BCUT2D eigenvalue weighted by molar-refractivity contribution is 5.95. The van der Waals surface area contributed by atoms with Gasteiger partial charge < -0.3 is 10.2 Å². The van der Waals surface area contributed by atoms with Gasteiger partial charge in [-0.3, -0.25) is 9.78 Å². The van der Waals surface area contributed by atoms with Crippen molar-refractivity contribution in [3.63, 3.8) is 0 Å². The second kappa shape index (κ2) is 7.68. The molecule has 108 valence electrons.